The van der Waals surface area contributed by atoms with Crippen molar-refractivity contribution in [3.8, 4) is 0 Å². The minimum atomic E-state index is -6.44. The second-order valence-corrected chi connectivity index (χ2v) is 5.17. The summed E-state index contributed by atoms with van der Waals surface area (Å²) < 4.78 is 98.2. The van der Waals surface area contributed by atoms with Crippen molar-refractivity contribution in [2.75, 3.05) is 0 Å². The van der Waals surface area contributed by atoms with Gasteiger partial charge in [0.15, 0.2) is 10.0 Å². The van der Waals surface area contributed by atoms with Gasteiger partial charge in [0.1, 0.15) is 10.0 Å². The van der Waals surface area contributed by atoms with Crippen LogP contribution in [0, 0.1) is 0 Å². The van der Waals surface area contributed by atoms with Crippen LogP contribution in [0.5, 0.6) is 0 Å². The van der Waals surface area contributed by atoms with Crippen LogP contribution in [0.2, 0.25) is 0 Å². The first kappa shape index (κ1) is 17.5. The molecular weight excluding hydrogens is 268 g/mol. The third-order valence-corrected chi connectivity index (χ3v) is 3.37. The van der Waals surface area contributed by atoms with E-state index in [0.29, 0.717) is 0 Å². The molecule has 0 saturated heterocycles. The largest absolute Gasteiger partial charge is 1.00 e. The predicted octanol–water partition coefficient (Wildman–Crippen LogP) is -2.23. The quantitative estimate of drug-likeness (QED) is 0.428. The molecule has 0 aromatic carbocycles. The molecule has 0 amide bonds. The number of sulfonamides is 2. The first-order valence-corrected chi connectivity index (χ1v) is 5.42. The van der Waals surface area contributed by atoms with E-state index >= 15 is 0 Å². The molecule has 0 bridgehead atoms. The average Bonchev–Trinajstić information content (AvgIpc) is 1.80. The molecule has 0 spiro atoms. The first-order valence-electron chi connectivity index (χ1n) is 2.48. The van der Waals surface area contributed by atoms with E-state index in [0.717, 1.165) is 4.13 Å². The number of hydrogen-bond donors (Lipinski definition) is 0. The Morgan fingerprint density at radius 2 is 1.33 bits per heavy atom. The SMILES string of the molecule is O=S(=O)([N-]S(=O)(=O)C(F)(F)F)C(F)F.[Li+]. The maximum absolute atomic E-state index is 11.4. The Kier molecular flexibility index (Phi) is 5.79. The van der Waals surface area contributed by atoms with Crippen LogP contribution >= 0.6 is 0 Å². The van der Waals surface area contributed by atoms with Crippen LogP contribution in [0.25, 0.3) is 4.13 Å². The summed E-state index contributed by atoms with van der Waals surface area (Å²) in [5.41, 5.74) is -6.02. The summed E-state index contributed by atoms with van der Waals surface area (Å²) >= 11 is 0. The zero-order chi connectivity index (χ0) is 11.8. The fraction of sp³-hybridized carbons (Fsp3) is 1.00. The van der Waals surface area contributed by atoms with E-state index in [1.807, 2.05) is 0 Å². The summed E-state index contributed by atoms with van der Waals surface area (Å²) in [5.74, 6) is -4.32. The van der Waals surface area contributed by atoms with Crippen LogP contribution in [0.15, 0.2) is 0 Å². The zero-order valence-corrected chi connectivity index (χ0v) is 8.50. The minimum absolute atomic E-state index is 0. The van der Waals surface area contributed by atoms with E-state index in [2.05, 4.69) is 0 Å². The molecule has 15 heavy (non-hydrogen) atoms. The number of nitrogens with zero attached hydrogens (tertiary/aromatic N) is 1. The molecule has 0 atom stereocenters. The molecule has 13 heteroatoms. The Labute approximate surface area is 93.3 Å². The van der Waals surface area contributed by atoms with Crippen LogP contribution in [-0.4, -0.2) is 28.1 Å². The van der Waals surface area contributed by atoms with Gasteiger partial charge in [0.25, 0.3) is 0 Å². The molecule has 0 aromatic heterocycles. The van der Waals surface area contributed by atoms with Gasteiger partial charge in [0, 0.05) is 0 Å². The topological polar surface area (TPSA) is 82.4 Å². The van der Waals surface area contributed by atoms with Gasteiger partial charge in [0.05, 0.1) is 0 Å². The molecule has 0 aromatic rings. The van der Waals surface area contributed by atoms with Crippen molar-refractivity contribution >= 4 is 20.0 Å². The summed E-state index contributed by atoms with van der Waals surface area (Å²) in [7, 11) is -12.4. The van der Waals surface area contributed by atoms with Gasteiger partial charge in [-0.2, -0.15) is 22.0 Å². The monoisotopic (exact) mass is 269 g/mol. The van der Waals surface area contributed by atoms with Crippen molar-refractivity contribution in [1.29, 1.82) is 0 Å². The predicted molar refractivity (Wildman–Crippen MR) is 33.3 cm³/mol. The van der Waals surface area contributed by atoms with Gasteiger partial charge in [-0.3, -0.25) is 0 Å². The molecule has 0 aliphatic heterocycles. The van der Waals surface area contributed by atoms with Crippen molar-refractivity contribution in [3.63, 3.8) is 0 Å². The second kappa shape index (κ2) is 4.96. The summed E-state index contributed by atoms with van der Waals surface area (Å²) in [6, 6.07) is 0. The molecule has 0 aliphatic carbocycles. The Bertz CT molecular complexity index is 397. The zero-order valence-electron chi connectivity index (χ0n) is 6.86. The van der Waals surface area contributed by atoms with E-state index in [1.165, 1.54) is 0 Å². The molecule has 0 aliphatic rings. The molecule has 0 unspecified atom stereocenters. The average molecular weight is 269 g/mol. The number of rotatable bonds is 3. The molecule has 0 rings (SSSR count). The van der Waals surface area contributed by atoms with E-state index in [9.17, 15) is 38.8 Å². The van der Waals surface area contributed by atoms with E-state index in [-0.39, 0.29) is 18.9 Å². The van der Waals surface area contributed by atoms with Gasteiger partial charge in [-0.1, -0.05) is 0 Å². The van der Waals surface area contributed by atoms with Crippen molar-refractivity contribution < 1.29 is 57.6 Å². The molecule has 0 fully saturated rings. The minimum Gasteiger partial charge on any atom is -0.423 e. The third kappa shape index (κ3) is 4.64. The Balaban J connectivity index is 0. The van der Waals surface area contributed by atoms with Crippen LogP contribution < -0.4 is 18.9 Å². The normalized spacial score (nSPS) is 13.7. The number of alkyl halides is 5. The summed E-state index contributed by atoms with van der Waals surface area (Å²) in [6.45, 7) is 0. The number of hydrogen-bond acceptors (Lipinski definition) is 4. The van der Waals surface area contributed by atoms with E-state index in [1.54, 1.807) is 0 Å². The fourth-order valence-corrected chi connectivity index (χ4v) is 1.90. The van der Waals surface area contributed by atoms with Gasteiger partial charge in [-0.15, -0.1) is 0 Å². The summed E-state index contributed by atoms with van der Waals surface area (Å²) in [6.07, 6.45) is 0. The molecule has 5 nitrogen and oxygen atoms in total. The fourth-order valence-electron chi connectivity index (χ4n) is 0.212. The Morgan fingerprint density at radius 1 is 1.00 bits per heavy atom. The van der Waals surface area contributed by atoms with Crippen molar-refractivity contribution in [1.82, 2.24) is 0 Å². The maximum atomic E-state index is 11.4. The van der Waals surface area contributed by atoms with Crippen molar-refractivity contribution in [2.45, 2.75) is 11.3 Å². The van der Waals surface area contributed by atoms with Crippen LogP contribution in [0.1, 0.15) is 0 Å². The molecule has 86 valence electrons. The van der Waals surface area contributed by atoms with Gasteiger partial charge < -0.3 is 4.13 Å². The summed E-state index contributed by atoms with van der Waals surface area (Å²) in [5, 5.41) is 0. The van der Waals surface area contributed by atoms with Gasteiger partial charge >= 0.3 is 30.1 Å². The molecule has 0 N–H and O–H groups in total. The molecule has 0 saturated carbocycles. The molecule has 0 heterocycles. The van der Waals surface area contributed by atoms with Crippen molar-refractivity contribution in [3.05, 3.63) is 4.13 Å². The molecule has 0 radical (unpaired) electrons. The van der Waals surface area contributed by atoms with Crippen LogP contribution in [-0.2, 0) is 20.0 Å². The maximum Gasteiger partial charge on any atom is 1.00 e. The van der Waals surface area contributed by atoms with E-state index in [4.69, 9.17) is 0 Å². The van der Waals surface area contributed by atoms with Crippen molar-refractivity contribution in [2.24, 2.45) is 0 Å². The summed E-state index contributed by atoms with van der Waals surface area (Å²) in [4.78, 5) is 0. The van der Waals surface area contributed by atoms with Gasteiger partial charge in [-0.05, 0) is 0 Å². The second-order valence-electron chi connectivity index (χ2n) is 1.77. The standard InChI is InChI=1S/C2HF5NO4S2.Li/c3-1(4)13(9,10)8-14(11,12)2(5,6)7;/h1H;/q-1;+1. The van der Waals surface area contributed by atoms with Gasteiger partial charge in [-0.25, -0.2) is 16.8 Å². The van der Waals surface area contributed by atoms with Crippen LogP contribution in [0.4, 0.5) is 22.0 Å². The van der Waals surface area contributed by atoms with Crippen LogP contribution in [0.3, 0.4) is 0 Å². The van der Waals surface area contributed by atoms with Gasteiger partial charge in [0.2, 0.25) is 0 Å². The molecular formula is C2HF5LiNO4S2. The number of halogens is 5. The first-order chi connectivity index (χ1) is 5.90. The van der Waals surface area contributed by atoms with E-state index < -0.39 is 31.3 Å². The third-order valence-electron chi connectivity index (χ3n) is 0.720. The Hall–Kier alpha value is 0.107. The Morgan fingerprint density at radius 3 is 1.53 bits per heavy atom. The smallest absolute Gasteiger partial charge is 0.423 e.